The monoisotopic (exact) mass is 342 g/mol. The van der Waals surface area contributed by atoms with E-state index < -0.39 is 17.3 Å². The van der Waals surface area contributed by atoms with Crippen LogP contribution in [0.1, 0.15) is 19.4 Å². The molecule has 1 aliphatic rings. The van der Waals surface area contributed by atoms with Crippen molar-refractivity contribution < 1.29 is 17.9 Å². The molecule has 1 aromatic carbocycles. The number of benzene rings is 1. The molecule has 1 aromatic heterocycles. The van der Waals surface area contributed by atoms with Crippen molar-refractivity contribution in [1.29, 1.82) is 0 Å². The van der Waals surface area contributed by atoms with Gasteiger partial charge >= 0.3 is 6.18 Å². The van der Waals surface area contributed by atoms with Crippen LogP contribution in [0.2, 0.25) is 5.15 Å². The van der Waals surface area contributed by atoms with Gasteiger partial charge in [-0.2, -0.15) is 13.2 Å². The van der Waals surface area contributed by atoms with Gasteiger partial charge in [-0.05, 0) is 44.2 Å². The number of aromatic nitrogens is 1. The molecule has 3 rings (SSSR count). The van der Waals surface area contributed by atoms with E-state index in [0.29, 0.717) is 23.2 Å². The van der Waals surface area contributed by atoms with E-state index in [1.165, 1.54) is 6.07 Å². The van der Waals surface area contributed by atoms with Gasteiger partial charge < -0.3 is 9.64 Å². The molecule has 0 amide bonds. The Balaban J connectivity index is 2.11. The van der Waals surface area contributed by atoms with Crippen LogP contribution in [-0.4, -0.2) is 17.1 Å². The van der Waals surface area contributed by atoms with Gasteiger partial charge in [0.2, 0.25) is 0 Å². The smallest absolute Gasteiger partial charge is 0.416 e. The van der Waals surface area contributed by atoms with Crippen LogP contribution in [0.15, 0.2) is 36.4 Å². The van der Waals surface area contributed by atoms with Crippen molar-refractivity contribution in [3.8, 4) is 5.75 Å². The third-order valence-corrected chi connectivity index (χ3v) is 3.69. The number of halogens is 4. The third kappa shape index (κ3) is 3.22. The SMILES string of the molecule is CC1(C)CN(c2cccc(Cl)n2)c2ccc(C(F)(F)F)cc2O1. The lowest BCUT2D eigenvalue weighted by Gasteiger charge is -2.40. The zero-order valence-corrected chi connectivity index (χ0v) is 13.2. The fourth-order valence-corrected chi connectivity index (χ4v) is 2.70. The minimum atomic E-state index is -4.42. The van der Waals surface area contributed by atoms with Crippen LogP contribution in [0.5, 0.6) is 5.75 Å². The fourth-order valence-electron chi connectivity index (χ4n) is 2.54. The lowest BCUT2D eigenvalue weighted by molar-refractivity contribution is -0.137. The van der Waals surface area contributed by atoms with Gasteiger partial charge in [-0.1, -0.05) is 17.7 Å². The first-order valence-corrected chi connectivity index (χ1v) is 7.34. The highest BCUT2D eigenvalue weighted by molar-refractivity contribution is 6.29. The van der Waals surface area contributed by atoms with Crippen LogP contribution in [-0.2, 0) is 6.18 Å². The average Bonchev–Trinajstić information content (AvgIpc) is 2.43. The Bertz CT molecular complexity index is 746. The lowest BCUT2D eigenvalue weighted by Crippen LogP contribution is -2.45. The van der Waals surface area contributed by atoms with E-state index in [1.54, 1.807) is 18.2 Å². The van der Waals surface area contributed by atoms with E-state index in [0.717, 1.165) is 12.1 Å². The zero-order valence-electron chi connectivity index (χ0n) is 12.5. The molecule has 3 nitrogen and oxygen atoms in total. The van der Waals surface area contributed by atoms with E-state index in [-0.39, 0.29) is 5.75 Å². The predicted octanol–water partition coefficient (Wildman–Crippen LogP) is 5.06. The Kier molecular flexibility index (Phi) is 3.67. The molecule has 23 heavy (non-hydrogen) atoms. The molecule has 0 saturated carbocycles. The molecule has 0 radical (unpaired) electrons. The number of rotatable bonds is 1. The Hall–Kier alpha value is -1.95. The highest BCUT2D eigenvalue weighted by Gasteiger charge is 2.37. The van der Waals surface area contributed by atoms with E-state index in [9.17, 15) is 13.2 Å². The Labute approximate surface area is 136 Å². The predicted molar refractivity (Wildman–Crippen MR) is 82.4 cm³/mol. The first-order chi connectivity index (χ1) is 10.7. The molecule has 0 unspecified atom stereocenters. The van der Waals surface area contributed by atoms with E-state index in [4.69, 9.17) is 16.3 Å². The van der Waals surface area contributed by atoms with Crippen LogP contribution >= 0.6 is 11.6 Å². The zero-order chi connectivity index (χ0) is 16.8. The normalized spacial score (nSPS) is 16.7. The summed E-state index contributed by atoms with van der Waals surface area (Å²) in [7, 11) is 0. The van der Waals surface area contributed by atoms with Gasteiger partial charge in [-0.25, -0.2) is 4.98 Å². The van der Waals surface area contributed by atoms with Crippen molar-refractivity contribution in [2.24, 2.45) is 0 Å². The summed E-state index contributed by atoms with van der Waals surface area (Å²) in [5, 5.41) is 0.320. The first-order valence-electron chi connectivity index (χ1n) is 6.96. The molecule has 0 fully saturated rings. The summed E-state index contributed by atoms with van der Waals surface area (Å²) in [5.41, 5.74) is -0.874. The maximum Gasteiger partial charge on any atom is 0.416 e. The van der Waals surface area contributed by atoms with Crippen LogP contribution in [0, 0.1) is 0 Å². The average molecular weight is 343 g/mol. The highest BCUT2D eigenvalue weighted by Crippen LogP contribution is 2.43. The second-order valence-corrected chi connectivity index (χ2v) is 6.33. The van der Waals surface area contributed by atoms with Crippen molar-refractivity contribution in [1.82, 2.24) is 4.98 Å². The maximum atomic E-state index is 12.9. The van der Waals surface area contributed by atoms with Gasteiger partial charge in [0, 0.05) is 0 Å². The molecule has 0 saturated heterocycles. The minimum Gasteiger partial charge on any atom is -0.484 e. The minimum absolute atomic E-state index is 0.179. The maximum absolute atomic E-state index is 12.9. The van der Waals surface area contributed by atoms with Crippen LogP contribution in [0.3, 0.4) is 0 Å². The second kappa shape index (κ2) is 5.30. The summed E-state index contributed by atoms with van der Waals surface area (Å²) < 4.78 is 44.5. The van der Waals surface area contributed by atoms with Gasteiger partial charge in [0.1, 0.15) is 22.3 Å². The molecule has 0 bridgehead atoms. The summed E-state index contributed by atoms with van der Waals surface area (Å²) in [5.74, 6) is 0.743. The molecule has 7 heteroatoms. The molecule has 0 N–H and O–H groups in total. The van der Waals surface area contributed by atoms with Crippen LogP contribution < -0.4 is 9.64 Å². The number of nitrogens with zero attached hydrogens (tertiary/aromatic N) is 2. The Morgan fingerprint density at radius 1 is 1.22 bits per heavy atom. The number of pyridine rings is 1. The quantitative estimate of drug-likeness (QED) is 0.677. The largest absolute Gasteiger partial charge is 0.484 e. The number of hydrogen-bond donors (Lipinski definition) is 0. The molecular weight excluding hydrogens is 329 g/mol. The number of hydrogen-bond acceptors (Lipinski definition) is 3. The van der Waals surface area contributed by atoms with Crippen LogP contribution in [0.4, 0.5) is 24.7 Å². The summed E-state index contributed by atoms with van der Waals surface area (Å²) in [4.78, 5) is 6.06. The van der Waals surface area contributed by atoms with Crippen molar-refractivity contribution in [2.45, 2.75) is 25.6 Å². The molecule has 0 atom stereocenters. The molecule has 0 aliphatic carbocycles. The summed E-state index contributed by atoms with van der Waals surface area (Å²) in [6, 6.07) is 8.61. The van der Waals surface area contributed by atoms with Crippen molar-refractivity contribution >= 4 is 23.1 Å². The summed E-state index contributed by atoms with van der Waals surface area (Å²) in [6.45, 7) is 4.07. The number of anilines is 2. The van der Waals surface area contributed by atoms with Gasteiger partial charge in [0.25, 0.3) is 0 Å². The molecule has 0 spiro atoms. The molecule has 1 aliphatic heterocycles. The topological polar surface area (TPSA) is 25.4 Å². The summed E-state index contributed by atoms with van der Waals surface area (Å²) in [6.07, 6.45) is -4.42. The van der Waals surface area contributed by atoms with Crippen molar-refractivity contribution in [2.75, 3.05) is 11.4 Å². The number of fused-ring (bicyclic) bond motifs is 1. The summed E-state index contributed by atoms with van der Waals surface area (Å²) >= 11 is 5.93. The Morgan fingerprint density at radius 2 is 1.96 bits per heavy atom. The highest BCUT2D eigenvalue weighted by atomic mass is 35.5. The standard InChI is InChI=1S/C16H14ClF3N2O/c1-15(2)9-22(14-5-3-4-13(17)21-14)11-7-6-10(16(18,19)20)8-12(11)23-15/h3-8H,9H2,1-2H3. The molecule has 2 heterocycles. The van der Waals surface area contributed by atoms with Gasteiger partial charge in [-0.3, -0.25) is 0 Å². The van der Waals surface area contributed by atoms with Gasteiger partial charge in [0.15, 0.2) is 0 Å². The second-order valence-electron chi connectivity index (χ2n) is 5.95. The number of alkyl halides is 3. The van der Waals surface area contributed by atoms with Crippen LogP contribution in [0.25, 0.3) is 0 Å². The first kappa shape index (κ1) is 15.9. The van der Waals surface area contributed by atoms with E-state index >= 15 is 0 Å². The fraction of sp³-hybridized carbons (Fsp3) is 0.312. The van der Waals surface area contributed by atoms with Crippen molar-refractivity contribution in [3.63, 3.8) is 0 Å². The molecule has 122 valence electrons. The Morgan fingerprint density at radius 3 is 2.61 bits per heavy atom. The van der Waals surface area contributed by atoms with E-state index in [2.05, 4.69) is 4.98 Å². The van der Waals surface area contributed by atoms with Crippen molar-refractivity contribution in [3.05, 3.63) is 47.1 Å². The number of ether oxygens (including phenoxy) is 1. The van der Waals surface area contributed by atoms with Gasteiger partial charge in [0.05, 0.1) is 17.8 Å². The lowest BCUT2D eigenvalue weighted by atomic mass is 10.0. The molecule has 2 aromatic rings. The third-order valence-electron chi connectivity index (χ3n) is 3.48. The van der Waals surface area contributed by atoms with Gasteiger partial charge in [-0.15, -0.1) is 0 Å². The van der Waals surface area contributed by atoms with E-state index in [1.807, 2.05) is 18.7 Å². The molecular formula is C16H14ClF3N2O.